The number of benzene rings is 1. The lowest BCUT2D eigenvalue weighted by Crippen LogP contribution is -2.25. The molecule has 0 atom stereocenters. The molecule has 9 heteroatoms. The number of Topliss-reactive ketones (excluding diaryl/α,β-unsaturated/α-hetero) is 1. The van der Waals surface area contributed by atoms with E-state index in [0.717, 1.165) is 0 Å². The number of aromatic hydroxyl groups is 2. The molecule has 0 radical (unpaired) electrons. The van der Waals surface area contributed by atoms with Crippen LogP contribution in [0.15, 0.2) is 61.8 Å². The Balaban J connectivity index is 2.06. The summed E-state index contributed by atoms with van der Waals surface area (Å²) in [7, 11) is -4.19. The summed E-state index contributed by atoms with van der Waals surface area (Å²) in [4.78, 5) is 15.3. The average Bonchev–Trinajstić information content (AvgIpc) is 2.56. The van der Waals surface area contributed by atoms with E-state index >= 15 is 0 Å². The molecule has 1 heterocycles. The molecule has 0 aromatic heterocycles. The van der Waals surface area contributed by atoms with Gasteiger partial charge < -0.3 is 15.3 Å². The number of ketones is 1. The molecule has 1 aromatic rings. The lowest BCUT2D eigenvalue weighted by Gasteiger charge is -2.19. The van der Waals surface area contributed by atoms with Crippen molar-refractivity contribution in [1.29, 1.82) is 0 Å². The normalized spacial score (nSPS) is 19.2. The van der Waals surface area contributed by atoms with Crippen LogP contribution in [0.25, 0.3) is 6.08 Å². The predicted molar refractivity (Wildman–Crippen MR) is 99.4 cm³/mol. The summed E-state index contributed by atoms with van der Waals surface area (Å²) in [6.07, 6.45) is 5.15. The zero-order chi connectivity index (χ0) is 19.2. The number of aliphatic imine (C=N–C) groups is 1. The van der Waals surface area contributed by atoms with E-state index in [4.69, 9.17) is 0 Å². The Kier molecular flexibility index (Phi) is 4.37. The van der Waals surface area contributed by atoms with Gasteiger partial charge in [-0.1, -0.05) is 6.08 Å². The monoisotopic (exact) mass is 437 g/mol. The molecule has 0 amide bonds. The third kappa shape index (κ3) is 2.89. The first-order chi connectivity index (χ1) is 12.1. The van der Waals surface area contributed by atoms with Crippen LogP contribution in [0.3, 0.4) is 0 Å². The second-order valence-corrected chi connectivity index (χ2v) is 8.28. The van der Waals surface area contributed by atoms with E-state index < -0.39 is 26.3 Å². The second-order valence-electron chi connectivity index (χ2n) is 5.59. The van der Waals surface area contributed by atoms with Gasteiger partial charge in [0.15, 0.2) is 22.3 Å². The maximum Gasteiger partial charge on any atom is 0.228 e. The van der Waals surface area contributed by atoms with Gasteiger partial charge in [0.05, 0.1) is 4.47 Å². The Bertz CT molecular complexity index is 1080. The minimum atomic E-state index is -4.19. The van der Waals surface area contributed by atoms with E-state index in [0.29, 0.717) is 5.56 Å². The number of carbonyl (C=O) groups is 1. The highest BCUT2D eigenvalue weighted by atomic mass is 79.9. The number of rotatable bonds is 2. The van der Waals surface area contributed by atoms with Gasteiger partial charge in [0.1, 0.15) is 4.91 Å². The van der Waals surface area contributed by atoms with E-state index in [1.807, 2.05) is 0 Å². The van der Waals surface area contributed by atoms with Crippen LogP contribution < -0.4 is 0 Å². The van der Waals surface area contributed by atoms with Crippen molar-refractivity contribution in [3.8, 4) is 11.5 Å². The highest BCUT2D eigenvalue weighted by Gasteiger charge is 2.37. The number of carbonyl (C=O) groups excluding carboxylic acids is 1. The molecule has 134 valence electrons. The molecule has 7 nitrogen and oxygen atoms in total. The fourth-order valence-electron chi connectivity index (χ4n) is 2.48. The number of aliphatic hydroxyl groups is 1. The van der Waals surface area contributed by atoms with E-state index in [2.05, 4.69) is 20.9 Å². The first-order valence-electron chi connectivity index (χ1n) is 7.22. The van der Waals surface area contributed by atoms with Crippen molar-refractivity contribution in [2.75, 3.05) is 0 Å². The summed E-state index contributed by atoms with van der Waals surface area (Å²) in [6, 6.07) is 2.70. The fourth-order valence-corrected chi connectivity index (χ4v) is 4.36. The van der Waals surface area contributed by atoms with Crippen molar-refractivity contribution in [1.82, 2.24) is 0 Å². The lowest BCUT2D eigenvalue weighted by atomic mass is 10.0. The number of sulfone groups is 1. The van der Waals surface area contributed by atoms with Crippen LogP contribution in [0.5, 0.6) is 11.5 Å². The summed E-state index contributed by atoms with van der Waals surface area (Å²) in [5, 5.41) is 28.8. The molecule has 2 aliphatic rings. The Morgan fingerprint density at radius 1 is 1.15 bits per heavy atom. The van der Waals surface area contributed by atoms with Crippen molar-refractivity contribution in [3.05, 3.63) is 62.3 Å². The quantitative estimate of drug-likeness (QED) is 0.610. The van der Waals surface area contributed by atoms with Gasteiger partial charge in [-0.25, -0.2) is 13.4 Å². The third-order valence-electron chi connectivity index (χ3n) is 3.78. The smallest absolute Gasteiger partial charge is 0.228 e. The van der Waals surface area contributed by atoms with Crippen LogP contribution in [-0.4, -0.2) is 34.6 Å². The van der Waals surface area contributed by atoms with Gasteiger partial charge in [-0.2, -0.15) is 0 Å². The van der Waals surface area contributed by atoms with Crippen LogP contribution in [0.4, 0.5) is 0 Å². The van der Waals surface area contributed by atoms with Crippen molar-refractivity contribution in [3.63, 3.8) is 0 Å². The Morgan fingerprint density at radius 2 is 1.85 bits per heavy atom. The van der Waals surface area contributed by atoms with Crippen LogP contribution in [0.2, 0.25) is 0 Å². The van der Waals surface area contributed by atoms with Gasteiger partial charge in [0.2, 0.25) is 15.6 Å². The van der Waals surface area contributed by atoms with Crippen LogP contribution in [-0.2, 0) is 14.6 Å². The summed E-state index contributed by atoms with van der Waals surface area (Å²) in [6.45, 7) is 1.47. The van der Waals surface area contributed by atoms with Crippen LogP contribution >= 0.6 is 15.9 Å². The lowest BCUT2D eigenvalue weighted by molar-refractivity contribution is -0.114. The van der Waals surface area contributed by atoms with Crippen molar-refractivity contribution < 1.29 is 28.5 Å². The number of hydrogen-bond acceptors (Lipinski definition) is 7. The first kappa shape index (κ1) is 18.2. The number of phenols is 2. The third-order valence-corrected chi connectivity index (χ3v) is 6.14. The molecule has 0 unspecified atom stereocenters. The molecule has 3 rings (SSSR count). The number of fused-ring (bicyclic) bond motifs is 1. The number of allylic oxidation sites excluding steroid dienone is 3. The van der Waals surface area contributed by atoms with Gasteiger partial charge in [-0.3, -0.25) is 4.79 Å². The highest BCUT2D eigenvalue weighted by Crippen LogP contribution is 2.36. The molecule has 0 fully saturated rings. The highest BCUT2D eigenvalue weighted by molar-refractivity contribution is 9.10. The summed E-state index contributed by atoms with van der Waals surface area (Å²) in [5.41, 5.74) is 0.751. The van der Waals surface area contributed by atoms with Gasteiger partial charge >= 0.3 is 0 Å². The van der Waals surface area contributed by atoms with Crippen molar-refractivity contribution >= 4 is 42.7 Å². The number of phenolic OH excluding ortho intramolecular Hbond substituents is 2. The number of halogens is 1. The Labute approximate surface area is 157 Å². The number of hydrogen-bond donors (Lipinski definition) is 3. The molecular formula is C17H12BrNO6S. The average molecular weight is 438 g/mol. The molecule has 0 saturated heterocycles. The van der Waals surface area contributed by atoms with Gasteiger partial charge in [-0.15, -0.1) is 0 Å². The van der Waals surface area contributed by atoms with E-state index in [1.165, 1.54) is 43.5 Å². The van der Waals surface area contributed by atoms with Crippen molar-refractivity contribution in [2.24, 2.45) is 4.99 Å². The zero-order valence-corrected chi connectivity index (χ0v) is 15.7. The zero-order valence-electron chi connectivity index (χ0n) is 13.3. The Morgan fingerprint density at radius 3 is 2.50 bits per heavy atom. The standard InChI is InChI=1S/C17H12BrNO6S/c1-8-4-10-7-19-13(26(24,25)17(10)16(23)14(8)21)3-2-9-5-11(18)15(22)12(20)6-9/h2-7,20,22-23H,1H3/b3-2+. The van der Waals surface area contributed by atoms with Crippen molar-refractivity contribution in [2.45, 2.75) is 6.92 Å². The largest absolute Gasteiger partial charge is 0.504 e. The summed E-state index contributed by atoms with van der Waals surface area (Å²) < 4.78 is 25.6. The van der Waals surface area contributed by atoms with Gasteiger partial charge in [0.25, 0.3) is 0 Å². The number of nitrogens with zero attached hydrogens (tertiary/aromatic N) is 1. The maximum atomic E-state index is 12.7. The molecule has 0 bridgehead atoms. The molecule has 1 aromatic carbocycles. The van der Waals surface area contributed by atoms with Crippen LogP contribution in [0.1, 0.15) is 12.5 Å². The van der Waals surface area contributed by atoms with Gasteiger partial charge in [-0.05, 0) is 52.7 Å². The molecule has 26 heavy (non-hydrogen) atoms. The minimum Gasteiger partial charge on any atom is -0.504 e. The predicted octanol–water partition coefficient (Wildman–Crippen LogP) is 2.88. The van der Waals surface area contributed by atoms with Gasteiger partial charge in [0, 0.05) is 17.3 Å². The fraction of sp³-hybridized carbons (Fsp3) is 0.0588. The second kappa shape index (κ2) is 6.26. The van der Waals surface area contributed by atoms with E-state index in [-0.39, 0.29) is 32.2 Å². The summed E-state index contributed by atoms with van der Waals surface area (Å²) in [5.74, 6) is -2.30. The topological polar surface area (TPSA) is 124 Å². The SMILES string of the molecule is CC1=CC2=CN=C(/C=C/c3cc(O)c(O)c(Br)c3)S(=O)(=O)C2=C(O)C1=O. The molecular weight excluding hydrogens is 426 g/mol. The molecule has 3 N–H and O–H groups in total. The van der Waals surface area contributed by atoms with E-state index in [1.54, 1.807) is 0 Å². The summed E-state index contributed by atoms with van der Waals surface area (Å²) >= 11 is 3.06. The maximum absolute atomic E-state index is 12.7. The minimum absolute atomic E-state index is 0.141. The van der Waals surface area contributed by atoms with E-state index in [9.17, 15) is 28.5 Å². The molecule has 1 aliphatic carbocycles. The molecule has 0 saturated carbocycles. The number of aliphatic hydroxyl groups excluding tert-OH is 1. The molecule has 0 spiro atoms. The van der Waals surface area contributed by atoms with Crippen LogP contribution in [0, 0.1) is 0 Å². The molecule has 1 aliphatic heterocycles. The first-order valence-corrected chi connectivity index (χ1v) is 9.49. The Hall–Kier alpha value is -2.65.